The van der Waals surface area contributed by atoms with Gasteiger partial charge in [0.15, 0.2) is 6.23 Å². The van der Waals surface area contributed by atoms with Crippen LogP contribution in [0.15, 0.2) is 64.3 Å². The maximum absolute atomic E-state index is 13.3. The minimum atomic E-state index is -4.13. The van der Waals surface area contributed by atoms with Crippen molar-refractivity contribution >= 4 is 13.7 Å². The Morgan fingerprint density at radius 1 is 1.29 bits per heavy atom. The Bertz CT molecular complexity index is 1180. The van der Waals surface area contributed by atoms with Crippen LogP contribution in [0.25, 0.3) is 0 Å². The quantitative estimate of drug-likeness (QED) is 0.248. The highest BCUT2D eigenvalue weighted by Gasteiger charge is 2.41. The Morgan fingerprint density at radius 3 is 2.65 bits per heavy atom. The van der Waals surface area contributed by atoms with E-state index in [0.717, 1.165) is 10.6 Å². The number of aromatic nitrogens is 2. The number of aliphatic hydroxyl groups is 1. The standard InChI is InChI=1S/C21H26N3O9P/c1-13(2)31-18(26)11-22-34(29,33-15-7-5-4-6-8-15)30-12-16-19(27)14(3)20(32-16)24-10-9-17(25)23-21(24)28/h4-10,13,16,19-20,27H,3,11-12H2,1-2H3,(H,22,29)(H,23,25,28). The second-order valence-corrected chi connectivity index (χ2v) is 9.39. The van der Waals surface area contributed by atoms with Gasteiger partial charge >= 0.3 is 19.4 Å². The zero-order valence-corrected chi connectivity index (χ0v) is 19.5. The van der Waals surface area contributed by atoms with Crippen LogP contribution in [0.4, 0.5) is 0 Å². The lowest BCUT2D eigenvalue weighted by Crippen LogP contribution is -2.32. The van der Waals surface area contributed by atoms with Gasteiger partial charge in [-0.05, 0) is 26.0 Å². The molecule has 0 bridgehead atoms. The van der Waals surface area contributed by atoms with Gasteiger partial charge in [0.25, 0.3) is 5.56 Å². The van der Waals surface area contributed by atoms with Crippen LogP contribution in [0, 0.1) is 0 Å². The van der Waals surface area contributed by atoms with Gasteiger partial charge in [0, 0.05) is 17.8 Å². The van der Waals surface area contributed by atoms with E-state index in [2.05, 4.69) is 16.7 Å². The summed E-state index contributed by atoms with van der Waals surface area (Å²) in [6, 6.07) is 9.27. The van der Waals surface area contributed by atoms with Gasteiger partial charge in [-0.2, -0.15) is 0 Å². The van der Waals surface area contributed by atoms with E-state index in [4.69, 9.17) is 18.5 Å². The smallest absolute Gasteiger partial charge is 0.459 e. The van der Waals surface area contributed by atoms with Crippen molar-refractivity contribution in [3.05, 3.63) is 75.6 Å². The van der Waals surface area contributed by atoms with Gasteiger partial charge in [0.05, 0.1) is 12.7 Å². The summed E-state index contributed by atoms with van der Waals surface area (Å²) in [4.78, 5) is 37.4. The summed E-state index contributed by atoms with van der Waals surface area (Å²) in [7, 11) is -4.13. The first-order valence-electron chi connectivity index (χ1n) is 10.4. The number of rotatable bonds is 10. The molecule has 4 atom stereocenters. The van der Waals surface area contributed by atoms with E-state index in [0.29, 0.717) is 0 Å². The Morgan fingerprint density at radius 2 is 2.00 bits per heavy atom. The fourth-order valence-corrected chi connectivity index (χ4v) is 4.33. The Hall–Kier alpha value is -3.02. The predicted octanol–water partition coefficient (Wildman–Crippen LogP) is 1.10. The van der Waals surface area contributed by atoms with E-state index in [-0.39, 0.29) is 17.4 Å². The van der Waals surface area contributed by atoms with Crippen LogP contribution in [-0.4, -0.2) is 52.1 Å². The number of nitrogens with zero attached hydrogens (tertiary/aromatic N) is 1. The molecular weight excluding hydrogens is 469 g/mol. The number of carbonyl (C=O) groups is 1. The SMILES string of the molecule is C=C1C(O)C(COP(=O)(NCC(=O)OC(C)C)Oc2ccccc2)OC1n1ccc(=O)[nH]c1=O. The molecule has 3 N–H and O–H groups in total. The molecule has 13 heteroatoms. The lowest BCUT2D eigenvalue weighted by molar-refractivity contribution is -0.146. The molecular formula is C21H26N3O9P. The average molecular weight is 495 g/mol. The van der Waals surface area contributed by atoms with Crippen molar-refractivity contribution in [2.45, 2.75) is 38.4 Å². The second-order valence-electron chi connectivity index (χ2n) is 7.64. The normalized spacial score (nSPS) is 21.9. The molecule has 0 radical (unpaired) electrons. The summed E-state index contributed by atoms with van der Waals surface area (Å²) in [6.45, 7) is 6.19. The zero-order valence-electron chi connectivity index (χ0n) is 18.6. The summed E-state index contributed by atoms with van der Waals surface area (Å²) in [6.07, 6.45) is -2.60. The Balaban J connectivity index is 1.72. The maximum Gasteiger partial charge on any atom is 0.459 e. The molecule has 3 rings (SSSR count). The van der Waals surface area contributed by atoms with Gasteiger partial charge in [-0.3, -0.25) is 23.7 Å². The predicted molar refractivity (Wildman–Crippen MR) is 120 cm³/mol. The fraction of sp³-hybridized carbons (Fsp3) is 0.381. The third-order valence-corrected chi connectivity index (χ3v) is 6.10. The molecule has 0 aliphatic carbocycles. The van der Waals surface area contributed by atoms with E-state index >= 15 is 0 Å². The monoisotopic (exact) mass is 495 g/mol. The van der Waals surface area contributed by atoms with Crippen molar-refractivity contribution in [1.29, 1.82) is 0 Å². The number of esters is 1. The molecule has 2 heterocycles. The van der Waals surface area contributed by atoms with Crippen molar-refractivity contribution in [3.8, 4) is 5.75 Å². The summed E-state index contributed by atoms with van der Waals surface area (Å²) < 4.78 is 36.0. The summed E-state index contributed by atoms with van der Waals surface area (Å²) in [5.74, 6) is -0.455. The Kier molecular flexibility index (Phi) is 8.24. The molecule has 1 aliphatic rings. The third kappa shape index (κ3) is 6.52. The van der Waals surface area contributed by atoms with Crippen LogP contribution in [0.5, 0.6) is 5.75 Å². The molecule has 1 aromatic carbocycles. The molecule has 1 fully saturated rings. The number of hydrogen-bond acceptors (Lipinski definition) is 9. The van der Waals surface area contributed by atoms with Gasteiger partial charge in [-0.25, -0.2) is 14.4 Å². The second kappa shape index (κ2) is 10.9. The number of para-hydroxylation sites is 1. The highest BCUT2D eigenvalue weighted by atomic mass is 31.2. The van der Waals surface area contributed by atoms with E-state index in [9.17, 15) is 24.1 Å². The molecule has 12 nitrogen and oxygen atoms in total. The first kappa shape index (κ1) is 25.6. The molecule has 0 amide bonds. The lowest BCUT2D eigenvalue weighted by atomic mass is 10.1. The van der Waals surface area contributed by atoms with E-state index in [1.54, 1.807) is 44.2 Å². The van der Waals surface area contributed by atoms with Crippen molar-refractivity contribution in [2.75, 3.05) is 13.2 Å². The minimum Gasteiger partial charge on any atom is -0.462 e. The number of nitrogens with one attached hydrogen (secondary N) is 2. The molecule has 1 saturated heterocycles. The number of carbonyl (C=O) groups excluding carboxylic acids is 1. The van der Waals surface area contributed by atoms with Crippen molar-refractivity contribution < 1.29 is 33.0 Å². The highest BCUT2D eigenvalue weighted by Crippen LogP contribution is 2.45. The lowest BCUT2D eigenvalue weighted by Gasteiger charge is -2.22. The third-order valence-electron chi connectivity index (χ3n) is 4.62. The molecule has 0 saturated carbocycles. The fourth-order valence-electron chi connectivity index (χ4n) is 3.06. The molecule has 1 aromatic heterocycles. The average Bonchev–Trinajstić information content (AvgIpc) is 3.05. The van der Waals surface area contributed by atoms with E-state index in [1.165, 1.54) is 6.20 Å². The molecule has 184 valence electrons. The van der Waals surface area contributed by atoms with Crippen LogP contribution in [0.2, 0.25) is 0 Å². The first-order valence-corrected chi connectivity index (χ1v) is 11.9. The van der Waals surface area contributed by atoms with Crippen LogP contribution < -0.4 is 20.9 Å². The van der Waals surface area contributed by atoms with Crippen LogP contribution in [0.3, 0.4) is 0 Å². The van der Waals surface area contributed by atoms with E-state index < -0.39 is 56.6 Å². The molecule has 4 unspecified atom stereocenters. The number of aliphatic hydroxyl groups excluding tert-OH is 1. The molecule has 1 aliphatic heterocycles. The van der Waals surface area contributed by atoms with Crippen LogP contribution >= 0.6 is 7.75 Å². The summed E-state index contributed by atoms with van der Waals surface area (Å²) >= 11 is 0. The van der Waals surface area contributed by atoms with Crippen molar-refractivity contribution in [3.63, 3.8) is 0 Å². The number of H-pyrrole nitrogens is 1. The van der Waals surface area contributed by atoms with Gasteiger partial charge < -0.3 is 19.1 Å². The van der Waals surface area contributed by atoms with Crippen LogP contribution in [-0.2, 0) is 23.4 Å². The van der Waals surface area contributed by atoms with Crippen LogP contribution in [0.1, 0.15) is 20.1 Å². The first-order chi connectivity index (χ1) is 16.1. The number of aromatic amines is 1. The number of ether oxygens (including phenoxy) is 2. The summed E-state index contributed by atoms with van der Waals surface area (Å²) in [5, 5.41) is 13.0. The maximum atomic E-state index is 13.3. The molecule has 0 spiro atoms. The van der Waals surface area contributed by atoms with E-state index in [1.807, 2.05) is 0 Å². The Labute approximate surface area is 194 Å². The number of hydrogen-bond donors (Lipinski definition) is 3. The van der Waals surface area contributed by atoms with Gasteiger partial charge in [0.2, 0.25) is 0 Å². The zero-order chi connectivity index (χ0) is 24.9. The van der Waals surface area contributed by atoms with Gasteiger partial charge in [-0.15, -0.1) is 0 Å². The highest BCUT2D eigenvalue weighted by molar-refractivity contribution is 7.52. The van der Waals surface area contributed by atoms with Crippen molar-refractivity contribution in [1.82, 2.24) is 14.6 Å². The minimum absolute atomic E-state index is 0.134. The topological polar surface area (TPSA) is 158 Å². The van der Waals surface area contributed by atoms with Gasteiger partial charge in [-0.1, -0.05) is 24.8 Å². The van der Waals surface area contributed by atoms with Gasteiger partial charge in [0.1, 0.15) is 24.5 Å². The molecule has 2 aromatic rings. The number of benzene rings is 1. The molecule has 34 heavy (non-hydrogen) atoms. The van der Waals surface area contributed by atoms with Crippen molar-refractivity contribution in [2.24, 2.45) is 0 Å². The largest absolute Gasteiger partial charge is 0.462 e. The summed E-state index contributed by atoms with van der Waals surface area (Å²) in [5.41, 5.74) is -1.21.